The van der Waals surface area contributed by atoms with Crippen molar-refractivity contribution in [1.82, 2.24) is 26.3 Å². The molecule has 5 atom stereocenters. The van der Waals surface area contributed by atoms with Crippen LogP contribution in [0.3, 0.4) is 0 Å². The Kier molecular flexibility index (Phi) is 14.5. The number of hydrogen-bond acceptors (Lipinski definition) is 9. The van der Waals surface area contributed by atoms with E-state index in [2.05, 4.69) is 20.9 Å². The first kappa shape index (κ1) is 42.4. The zero-order valence-electron chi connectivity index (χ0n) is 31.1. The summed E-state index contributed by atoms with van der Waals surface area (Å²) in [7, 11) is -2.78. The Morgan fingerprint density at radius 3 is 1.89 bits per heavy atom. The molecular weight excluding hydrogens is 703 g/mol. The Bertz CT molecular complexity index is 1800. The third-order valence-corrected chi connectivity index (χ3v) is 11.3. The third-order valence-electron chi connectivity index (χ3n) is 9.12. The Labute approximate surface area is 311 Å². The van der Waals surface area contributed by atoms with Gasteiger partial charge in [-0.05, 0) is 61.8 Å². The second-order valence-electron chi connectivity index (χ2n) is 14.6. The minimum atomic E-state index is -3.97. The van der Waals surface area contributed by atoms with E-state index in [0.717, 1.165) is 28.6 Å². The summed E-state index contributed by atoms with van der Waals surface area (Å²) < 4.78 is 28.3. The third kappa shape index (κ3) is 12.3. The molecule has 6 N–H and O–H groups in total. The summed E-state index contributed by atoms with van der Waals surface area (Å²) in [6.07, 6.45) is -0.933. The minimum absolute atomic E-state index is 0.0841. The van der Waals surface area contributed by atoms with Crippen LogP contribution in [0.2, 0.25) is 0 Å². The van der Waals surface area contributed by atoms with Crippen LogP contribution < -0.4 is 21.3 Å². The summed E-state index contributed by atoms with van der Waals surface area (Å²) in [5, 5.41) is 31.7. The molecule has 1 heterocycles. The number of rotatable bonds is 16. The van der Waals surface area contributed by atoms with E-state index in [1.54, 1.807) is 57.3 Å². The molecule has 53 heavy (non-hydrogen) atoms. The van der Waals surface area contributed by atoms with Crippen molar-refractivity contribution in [2.45, 2.75) is 88.9 Å². The van der Waals surface area contributed by atoms with Gasteiger partial charge in [-0.1, -0.05) is 81.4 Å². The summed E-state index contributed by atoms with van der Waals surface area (Å²) in [6, 6.07) is 17.5. The van der Waals surface area contributed by atoms with E-state index in [-0.39, 0.29) is 19.3 Å². The van der Waals surface area contributed by atoms with Crippen molar-refractivity contribution >= 4 is 33.8 Å². The minimum Gasteiger partial charge on any atom is -0.465 e. The van der Waals surface area contributed by atoms with E-state index in [9.17, 15) is 37.8 Å². The van der Waals surface area contributed by atoms with Crippen molar-refractivity contribution in [2.24, 2.45) is 5.41 Å². The number of carbonyl (C=O) groups excluding carboxylic acids is 3. The SMILES string of the molecule is COC(=O)N[C@H](C(=O)N[C@@H](Cc1ccc(-c2ccccn2)cc1)C[C@H](O)[C@H](Cc1ccccc1)NC(=O)[C@@H](NC(=O)O)C(C)(C)S(C)(=O)=O)C(C)(C)C. The highest BCUT2D eigenvalue weighted by molar-refractivity contribution is 7.92. The first-order valence-corrected chi connectivity index (χ1v) is 19.0. The van der Waals surface area contributed by atoms with Gasteiger partial charge in [0.05, 0.1) is 29.7 Å². The Hall–Kier alpha value is -5.02. The van der Waals surface area contributed by atoms with Crippen molar-refractivity contribution in [2.75, 3.05) is 13.4 Å². The van der Waals surface area contributed by atoms with Crippen molar-refractivity contribution in [1.29, 1.82) is 0 Å². The number of pyridine rings is 1. The van der Waals surface area contributed by atoms with Crippen LogP contribution in [0.4, 0.5) is 9.59 Å². The molecular formula is C38H51N5O9S. The molecule has 0 aliphatic rings. The van der Waals surface area contributed by atoms with Crippen LogP contribution in [-0.2, 0) is 37.0 Å². The van der Waals surface area contributed by atoms with Crippen molar-refractivity contribution in [3.05, 3.63) is 90.1 Å². The van der Waals surface area contributed by atoms with Crippen molar-refractivity contribution in [3.8, 4) is 11.3 Å². The van der Waals surface area contributed by atoms with Gasteiger partial charge in [-0.25, -0.2) is 18.0 Å². The lowest BCUT2D eigenvalue weighted by molar-refractivity contribution is -0.127. The zero-order valence-corrected chi connectivity index (χ0v) is 31.9. The molecule has 4 amide bonds. The predicted octanol–water partition coefficient (Wildman–Crippen LogP) is 3.48. The fourth-order valence-corrected chi connectivity index (χ4v) is 6.32. The van der Waals surface area contributed by atoms with E-state index in [1.807, 2.05) is 47.8 Å². The fraction of sp³-hybridized carbons (Fsp3) is 0.447. The maximum atomic E-state index is 13.8. The Morgan fingerprint density at radius 1 is 0.774 bits per heavy atom. The number of benzene rings is 2. The van der Waals surface area contributed by atoms with Crippen LogP contribution in [0.15, 0.2) is 79.0 Å². The van der Waals surface area contributed by atoms with Gasteiger partial charge in [0, 0.05) is 24.1 Å². The maximum absolute atomic E-state index is 13.8. The number of carbonyl (C=O) groups is 4. The normalized spacial score (nSPS) is 14.8. The average Bonchev–Trinajstić information content (AvgIpc) is 3.09. The molecule has 0 radical (unpaired) electrons. The quantitative estimate of drug-likeness (QED) is 0.125. The van der Waals surface area contributed by atoms with Crippen molar-refractivity contribution in [3.63, 3.8) is 0 Å². The summed E-state index contributed by atoms with van der Waals surface area (Å²) in [4.78, 5) is 55.9. The molecule has 15 heteroatoms. The summed E-state index contributed by atoms with van der Waals surface area (Å²) >= 11 is 0. The molecule has 0 unspecified atom stereocenters. The van der Waals surface area contributed by atoms with Gasteiger partial charge in [0.25, 0.3) is 0 Å². The maximum Gasteiger partial charge on any atom is 0.407 e. The standard InChI is InChI=1S/C38H51N5O9S/c1-37(2,3)31(43-36(49)52-6)33(45)40-27(21-25-16-18-26(19-17-25)28-15-11-12-20-39-28)23-30(44)29(22-24-13-9-8-10-14-24)41-34(46)32(42-35(47)48)38(4,5)53(7,50)51/h8-20,27,29-32,42,44H,21-23H2,1-7H3,(H,40,45)(H,41,46)(H,43,49)(H,47,48)/t27-,29-,30-,31+,32+/m0/s1. The first-order valence-electron chi connectivity index (χ1n) is 17.1. The number of hydrogen-bond donors (Lipinski definition) is 6. The first-order chi connectivity index (χ1) is 24.7. The summed E-state index contributed by atoms with van der Waals surface area (Å²) in [6.45, 7) is 7.81. The van der Waals surface area contributed by atoms with Gasteiger partial charge in [-0.3, -0.25) is 14.6 Å². The number of ether oxygens (including phenoxy) is 1. The molecule has 14 nitrogen and oxygen atoms in total. The molecule has 288 valence electrons. The molecule has 0 bridgehead atoms. The number of methoxy groups -OCH3 is 1. The summed E-state index contributed by atoms with van der Waals surface area (Å²) in [5.74, 6) is -1.49. The molecule has 3 aromatic rings. The topological polar surface area (TPSA) is 213 Å². The second kappa shape index (κ2) is 18.1. The van der Waals surface area contributed by atoms with Crippen LogP contribution in [0.1, 0.15) is 52.2 Å². The van der Waals surface area contributed by atoms with Gasteiger partial charge in [-0.2, -0.15) is 0 Å². The lowest BCUT2D eigenvalue weighted by Crippen LogP contribution is -2.62. The van der Waals surface area contributed by atoms with Gasteiger partial charge in [-0.15, -0.1) is 0 Å². The molecule has 0 aliphatic heterocycles. The molecule has 0 spiro atoms. The van der Waals surface area contributed by atoms with E-state index < -0.39 is 74.3 Å². The van der Waals surface area contributed by atoms with Gasteiger partial charge in [0.15, 0.2) is 9.84 Å². The number of aliphatic hydroxyl groups excluding tert-OH is 1. The van der Waals surface area contributed by atoms with E-state index >= 15 is 0 Å². The van der Waals surface area contributed by atoms with E-state index in [4.69, 9.17) is 4.74 Å². The highest BCUT2D eigenvalue weighted by Crippen LogP contribution is 2.24. The number of nitrogens with zero attached hydrogens (tertiary/aromatic N) is 1. The number of alkyl carbamates (subject to hydrolysis) is 1. The molecule has 0 aliphatic carbocycles. The highest BCUT2D eigenvalue weighted by atomic mass is 32.2. The van der Waals surface area contributed by atoms with Gasteiger partial charge in [0.2, 0.25) is 11.8 Å². The highest BCUT2D eigenvalue weighted by Gasteiger charge is 2.45. The molecule has 0 fully saturated rings. The van der Waals surface area contributed by atoms with Crippen molar-refractivity contribution < 1.29 is 42.5 Å². The molecule has 1 aromatic heterocycles. The van der Waals surface area contributed by atoms with Crippen LogP contribution in [0, 0.1) is 5.41 Å². The van der Waals surface area contributed by atoms with E-state index in [0.29, 0.717) is 0 Å². The number of nitrogens with one attached hydrogen (secondary N) is 4. The molecule has 0 saturated carbocycles. The molecule has 0 saturated heterocycles. The Balaban J connectivity index is 2.00. The van der Waals surface area contributed by atoms with Gasteiger partial charge in [0.1, 0.15) is 12.1 Å². The lowest BCUT2D eigenvalue weighted by atomic mass is 9.85. The van der Waals surface area contributed by atoms with Crippen LogP contribution in [-0.4, -0.2) is 96.0 Å². The smallest absolute Gasteiger partial charge is 0.407 e. The summed E-state index contributed by atoms with van der Waals surface area (Å²) in [5.41, 5.74) is 2.43. The lowest BCUT2D eigenvalue weighted by Gasteiger charge is -2.35. The molecule has 3 rings (SSSR count). The number of aromatic nitrogens is 1. The number of sulfone groups is 1. The largest absolute Gasteiger partial charge is 0.465 e. The van der Waals surface area contributed by atoms with Gasteiger partial charge >= 0.3 is 12.2 Å². The van der Waals surface area contributed by atoms with E-state index in [1.165, 1.54) is 21.0 Å². The number of amides is 4. The Morgan fingerprint density at radius 2 is 1.36 bits per heavy atom. The monoisotopic (exact) mass is 753 g/mol. The van der Waals surface area contributed by atoms with Crippen LogP contribution >= 0.6 is 0 Å². The second-order valence-corrected chi connectivity index (χ2v) is 17.2. The fourth-order valence-electron chi connectivity index (χ4n) is 5.73. The van der Waals surface area contributed by atoms with Crippen LogP contribution in [0.25, 0.3) is 11.3 Å². The number of carboxylic acid groups (broad SMARTS) is 1. The molecule has 2 aromatic carbocycles. The zero-order chi connectivity index (χ0) is 39.6. The van der Waals surface area contributed by atoms with Gasteiger partial charge < -0.3 is 36.2 Å². The number of aliphatic hydroxyl groups is 1. The van der Waals surface area contributed by atoms with Crippen LogP contribution in [0.5, 0.6) is 0 Å². The predicted molar refractivity (Wildman–Crippen MR) is 201 cm³/mol. The average molecular weight is 754 g/mol.